The fourth-order valence-corrected chi connectivity index (χ4v) is 4.23. The van der Waals surface area contributed by atoms with E-state index in [1.54, 1.807) is 30.3 Å². The second-order valence-corrected chi connectivity index (χ2v) is 8.61. The first kappa shape index (κ1) is 23.1. The van der Waals surface area contributed by atoms with Crippen LogP contribution in [0.1, 0.15) is 23.8 Å². The van der Waals surface area contributed by atoms with E-state index in [-0.39, 0.29) is 5.56 Å². The van der Waals surface area contributed by atoms with E-state index in [1.807, 2.05) is 24.3 Å². The Morgan fingerprint density at radius 3 is 2.24 bits per heavy atom. The molecule has 2 N–H and O–H groups in total. The average Bonchev–Trinajstić information content (AvgIpc) is 3.30. The first-order valence-electron chi connectivity index (χ1n) is 10.9. The molecule has 4 nitrogen and oxygen atoms in total. The van der Waals surface area contributed by atoms with Gasteiger partial charge in [-0.3, -0.25) is 0 Å². The van der Waals surface area contributed by atoms with E-state index in [9.17, 15) is 18.3 Å². The fraction of sp³-hybridized carbons (Fsp3) is 0.308. The summed E-state index contributed by atoms with van der Waals surface area (Å²) in [6, 6.07) is 20.4. The molecular weight excluding hydrogens is 427 g/mol. The van der Waals surface area contributed by atoms with Crippen LogP contribution in [0.2, 0.25) is 0 Å². The number of likely N-dealkylation sites (N-methyl/N-ethyl adjacent to an activating group) is 1. The minimum absolute atomic E-state index is 0.119. The van der Waals surface area contributed by atoms with Crippen LogP contribution < -0.4 is 10.2 Å². The number of benzene rings is 3. The minimum atomic E-state index is -4.43. The number of alkyl halides is 3. The summed E-state index contributed by atoms with van der Waals surface area (Å²) in [4.78, 5) is 4.60. The van der Waals surface area contributed by atoms with E-state index < -0.39 is 18.0 Å². The van der Waals surface area contributed by atoms with Crippen molar-refractivity contribution in [2.45, 2.75) is 24.9 Å². The van der Waals surface area contributed by atoms with Gasteiger partial charge in [0.1, 0.15) is 0 Å². The van der Waals surface area contributed by atoms with Crippen LogP contribution in [0.25, 0.3) is 11.1 Å². The van der Waals surface area contributed by atoms with Gasteiger partial charge in [0.05, 0.1) is 5.56 Å². The summed E-state index contributed by atoms with van der Waals surface area (Å²) in [7, 11) is 4.20. The van der Waals surface area contributed by atoms with Gasteiger partial charge < -0.3 is 20.2 Å². The largest absolute Gasteiger partial charge is 0.417 e. The Bertz CT molecular complexity index is 1070. The zero-order valence-electron chi connectivity index (χ0n) is 18.7. The van der Waals surface area contributed by atoms with Crippen LogP contribution in [0.3, 0.4) is 0 Å². The van der Waals surface area contributed by atoms with Crippen LogP contribution in [0, 0.1) is 0 Å². The molecular formula is C26H28F3N3O. The second kappa shape index (κ2) is 9.45. The lowest BCUT2D eigenvalue weighted by molar-refractivity contribution is -0.137. The summed E-state index contributed by atoms with van der Waals surface area (Å²) >= 11 is 0. The van der Waals surface area contributed by atoms with Gasteiger partial charge in [-0.1, -0.05) is 42.5 Å². The summed E-state index contributed by atoms with van der Waals surface area (Å²) in [6.45, 7) is 2.01. The molecule has 1 fully saturated rings. The SMILES string of the molecule is CN(C)C1CCN(c2ccc(NC(O)c3ccc(-c4ccccc4C(F)(F)F)cc3)cc2)C1. The lowest BCUT2D eigenvalue weighted by atomic mass is 9.98. The highest BCUT2D eigenvalue weighted by Crippen LogP contribution is 2.37. The molecule has 4 rings (SSSR count). The smallest absolute Gasteiger partial charge is 0.370 e. The van der Waals surface area contributed by atoms with Gasteiger partial charge in [-0.05, 0) is 62.0 Å². The molecule has 0 aromatic heterocycles. The molecule has 174 valence electrons. The van der Waals surface area contributed by atoms with Crippen molar-refractivity contribution in [3.05, 3.63) is 83.9 Å². The molecule has 1 saturated heterocycles. The fourth-order valence-electron chi connectivity index (χ4n) is 4.23. The van der Waals surface area contributed by atoms with Gasteiger partial charge in [0, 0.05) is 36.1 Å². The highest BCUT2D eigenvalue weighted by atomic mass is 19.4. The molecule has 0 saturated carbocycles. The summed E-state index contributed by atoms with van der Waals surface area (Å²) in [5.74, 6) is 0. The molecule has 0 aliphatic carbocycles. The molecule has 1 heterocycles. The zero-order chi connectivity index (χ0) is 23.6. The van der Waals surface area contributed by atoms with Gasteiger partial charge in [0.15, 0.2) is 6.23 Å². The number of nitrogens with zero attached hydrogens (tertiary/aromatic N) is 2. The third kappa shape index (κ3) is 5.31. The maximum absolute atomic E-state index is 13.3. The topological polar surface area (TPSA) is 38.7 Å². The third-order valence-corrected chi connectivity index (χ3v) is 6.20. The molecule has 1 aliphatic rings. The summed E-state index contributed by atoms with van der Waals surface area (Å²) < 4.78 is 39.9. The molecule has 3 aromatic rings. The van der Waals surface area contributed by atoms with Gasteiger partial charge in [-0.25, -0.2) is 0 Å². The van der Waals surface area contributed by atoms with Gasteiger partial charge >= 0.3 is 6.18 Å². The summed E-state index contributed by atoms with van der Waals surface area (Å²) in [5.41, 5.74) is 2.37. The quantitative estimate of drug-likeness (QED) is 0.474. The van der Waals surface area contributed by atoms with E-state index in [2.05, 4.69) is 29.2 Å². The van der Waals surface area contributed by atoms with Crippen LogP contribution in [0.15, 0.2) is 72.8 Å². The number of rotatable bonds is 6. The van der Waals surface area contributed by atoms with Crippen molar-refractivity contribution in [1.29, 1.82) is 0 Å². The van der Waals surface area contributed by atoms with E-state index in [1.165, 1.54) is 12.1 Å². The predicted octanol–water partition coefficient (Wildman–Crippen LogP) is 5.62. The normalized spacial score (nSPS) is 17.4. The third-order valence-electron chi connectivity index (χ3n) is 6.20. The molecule has 33 heavy (non-hydrogen) atoms. The molecule has 0 bridgehead atoms. The van der Waals surface area contributed by atoms with Crippen LogP contribution in [0.4, 0.5) is 24.5 Å². The Kier molecular flexibility index (Phi) is 6.63. The highest BCUT2D eigenvalue weighted by molar-refractivity contribution is 5.68. The summed E-state index contributed by atoms with van der Waals surface area (Å²) in [6.07, 6.45) is -4.27. The molecule has 7 heteroatoms. The van der Waals surface area contributed by atoms with Crippen LogP contribution in [-0.2, 0) is 6.18 Å². The lowest BCUT2D eigenvalue weighted by Gasteiger charge is -2.22. The van der Waals surface area contributed by atoms with Gasteiger partial charge in [0.2, 0.25) is 0 Å². The molecule has 0 amide bonds. The van der Waals surface area contributed by atoms with E-state index in [0.29, 0.717) is 17.2 Å². The van der Waals surface area contributed by atoms with Gasteiger partial charge in [-0.2, -0.15) is 13.2 Å². The number of hydrogen-bond donors (Lipinski definition) is 2. The number of hydrogen-bond acceptors (Lipinski definition) is 4. The number of anilines is 2. The maximum atomic E-state index is 13.3. The molecule has 0 spiro atoms. The van der Waals surface area contributed by atoms with Crippen molar-refractivity contribution in [2.75, 3.05) is 37.4 Å². The standard InChI is InChI=1S/C26H28F3N3O/c1-31(2)22-15-16-32(17-22)21-13-11-20(12-14-21)30-25(33)19-9-7-18(8-10-19)23-5-3-4-6-24(23)26(27,28)29/h3-14,22,25,30,33H,15-17H2,1-2H3. The summed E-state index contributed by atoms with van der Waals surface area (Å²) in [5, 5.41) is 13.6. The molecule has 2 unspecified atom stereocenters. The van der Waals surface area contributed by atoms with Crippen molar-refractivity contribution in [1.82, 2.24) is 4.90 Å². The minimum Gasteiger partial charge on any atom is -0.370 e. The van der Waals surface area contributed by atoms with Crippen LogP contribution in [0.5, 0.6) is 0 Å². The highest BCUT2D eigenvalue weighted by Gasteiger charge is 2.33. The number of aliphatic hydroxyl groups excluding tert-OH is 1. The number of nitrogens with one attached hydrogen (secondary N) is 1. The Hall–Kier alpha value is -3.03. The van der Waals surface area contributed by atoms with Crippen molar-refractivity contribution in [3.8, 4) is 11.1 Å². The Morgan fingerprint density at radius 1 is 0.970 bits per heavy atom. The number of halogens is 3. The van der Waals surface area contributed by atoms with E-state index >= 15 is 0 Å². The first-order chi connectivity index (χ1) is 15.7. The van der Waals surface area contributed by atoms with Gasteiger partial charge in [0.25, 0.3) is 0 Å². The van der Waals surface area contributed by atoms with Crippen molar-refractivity contribution >= 4 is 11.4 Å². The lowest BCUT2D eigenvalue weighted by Crippen LogP contribution is -2.31. The average molecular weight is 456 g/mol. The molecule has 3 aromatic carbocycles. The monoisotopic (exact) mass is 455 g/mol. The van der Waals surface area contributed by atoms with Crippen LogP contribution >= 0.6 is 0 Å². The predicted molar refractivity (Wildman–Crippen MR) is 126 cm³/mol. The zero-order valence-corrected chi connectivity index (χ0v) is 18.7. The van der Waals surface area contributed by atoms with Crippen molar-refractivity contribution in [3.63, 3.8) is 0 Å². The Labute approximate surface area is 192 Å². The van der Waals surface area contributed by atoms with Crippen molar-refractivity contribution in [2.24, 2.45) is 0 Å². The van der Waals surface area contributed by atoms with E-state index in [0.717, 1.165) is 37.0 Å². The van der Waals surface area contributed by atoms with Crippen molar-refractivity contribution < 1.29 is 18.3 Å². The van der Waals surface area contributed by atoms with Crippen LogP contribution in [-0.4, -0.2) is 43.2 Å². The molecule has 2 atom stereocenters. The Morgan fingerprint density at radius 2 is 1.64 bits per heavy atom. The Balaban J connectivity index is 1.42. The number of aliphatic hydroxyl groups is 1. The maximum Gasteiger partial charge on any atom is 0.417 e. The van der Waals surface area contributed by atoms with E-state index in [4.69, 9.17) is 0 Å². The molecule has 0 radical (unpaired) electrons. The first-order valence-corrected chi connectivity index (χ1v) is 10.9. The van der Waals surface area contributed by atoms with Gasteiger partial charge in [-0.15, -0.1) is 0 Å². The molecule has 1 aliphatic heterocycles. The second-order valence-electron chi connectivity index (χ2n) is 8.61.